The maximum Gasteiger partial charge on any atom is 0.295 e. The van der Waals surface area contributed by atoms with Crippen molar-refractivity contribution in [1.29, 1.82) is 0 Å². The molecule has 0 aliphatic heterocycles. The van der Waals surface area contributed by atoms with Gasteiger partial charge in [-0.15, -0.1) is 0 Å². The topological polar surface area (TPSA) is 38.3 Å². The van der Waals surface area contributed by atoms with Gasteiger partial charge in [-0.2, -0.15) is 0 Å². The van der Waals surface area contributed by atoms with Crippen molar-refractivity contribution >= 4 is 40.7 Å². The van der Waals surface area contributed by atoms with Crippen molar-refractivity contribution in [3.05, 3.63) is 0 Å². The fourth-order valence-electron chi connectivity index (χ4n) is 0.257. The predicted molar refractivity (Wildman–Crippen MR) is 49.3 cm³/mol. The fourth-order valence-corrected chi connectivity index (χ4v) is 0.373. The van der Waals surface area contributed by atoms with Gasteiger partial charge in [0.2, 0.25) is 0 Å². The van der Waals surface area contributed by atoms with Crippen LogP contribution in [-0.2, 0) is 9.63 Å². The Balaban J connectivity index is 3.90. The maximum atomic E-state index is 10.9. The first kappa shape index (κ1) is 12.3. The highest BCUT2D eigenvalue weighted by Crippen LogP contribution is 2.26. The number of carbonyl (C=O) groups is 1. The third-order valence-corrected chi connectivity index (χ3v) is 1.22. The summed E-state index contributed by atoms with van der Waals surface area (Å²) in [6.45, 7) is 5.27. The molecule has 1 amide bonds. The highest BCUT2D eigenvalue weighted by Gasteiger charge is 2.31. The Morgan fingerprint density at radius 1 is 1.25 bits per heavy atom. The number of nitrogens with one attached hydrogen (secondary N) is 1. The Morgan fingerprint density at radius 2 is 1.67 bits per heavy atom. The standard InChI is InChI=1S/C6H10Cl3NO2/c1-5(2,3)12-10-4(11)6(7,8)9/h1-3H3,(H,10,11). The molecule has 0 spiro atoms. The van der Waals surface area contributed by atoms with Crippen LogP contribution in [0.4, 0.5) is 0 Å². The first-order valence-corrected chi connectivity index (χ1v) is 4.31. The van der Waals surface area contributed by atoms with E-state index in [2.05, 4.69) is 0 Å². The molecule has 0 aliphatic carbocycles. The van der Waals surface area contributed by atoms with E-state index in [4.69, 9.17) is 39.6 Å². The summed E-state index contributed by atoms with van der Waals surface area (Å²) in [5.41, 5.74) is 1.52. The molecule has 0 saturated heterocycles. The molecule has 0 bridgehead atoms. The van der Waals surface area contributed by atoms with Crippen molar-refractivity contribution in [3.8, 4) is 0 Å². The van der Waals surface area contributed by atoms with Gasteiger partial charge in [0.1, 0.15) is 0 Å². The van der Waals surface area contributed by atoms with Crippen LogP contribution in [0.2, 0.25) is 0 Å². The second-order valence-corrected chi connectivity index (χ2v) is 5.42. The quantitative estimate of drug-likeness (QED) is 0.558. The summed E-state index contributed by atoms with van der Waals surface area (Å²) >= 11 is 15.8. The number of hydrogen-bond donors (Lipinski definition) is 1. The van der Waals surface area contributed by atoms with Crippen LogP contribution in [0.3, 0.4) is 0 Å². The smallest absolute Gasteiger partial charge is 0.268 e. The Kier molecular flexibility index (Phi) is 4.11. The van der Waals surface area contributed by atoms with Crippen molar-refractivity contribution < 1.29 is 9.63 Å². The molecule has 0 radical (unpaired) electrons. The lowest BCUT2D eigenvalue weighted by molar-refractivity contribution is -0.144. The van der Waals surface area contributed by atoms with Crippen LogP contribution in [0, 0.1) is 0 Å². The molecule has 0 unspecified atom stereocenters. The fraction of sp³-hybridized carbons (Fsp3) is 0.833. The Bertz CT molecular complexity index is 171. The highest BCUT2D eigenvalue weighted by atomic mass is 35.6. The first-order chi connectivity index (χ1) is 5.13. The van der Waals surface area contributed by atoms with Crippen LogP contribution in [0.1, 0.15) is 20.8 Å². The van der Waals surface area contributed by atoms with E-state index in [1.165, 1.54) is 0 Å². The molecule has 0 aliphatic rings. The molecule has 0 aromatic rings. The summed E-state index contributed by atoms with van der Waals surface area (Å²) in [7, 11) is 0. The molecule has 0 fully saturated rings. The zero-order valence-corrected chi connectivity index (χ0v) is 9.22. The molecule has 6 heteroatoms. The number of halogens is 3. The molecule has 0 aromatic carbocycles. The summed E-state index contributed by atoms with van der Waals surface area (Å²) < 4.78 is -1.98. The zero-order chi connectivity index (χ0) is 9.99. The second kappa shape index (κ2) is 4.01. The molecule has 12 heavy (non-hydrogen) atoms. The van der Waals surface area contributed by atoms with Crippen molar-refractivity contribution in [2.24, 2.45) is 0 Å². The number of hydrogen-bond acceptors (Lipinski definition) is 2. The van der Waals surface area contributed by atoms with Crippen molar-refractivity contribution in [3.63, 3.8) is 0 Å². The largest absolute Gasteiger partial charge is 0.295 e. The van der Waals surface area contributed by atoms with Gasteiger partial charge in [-0.1, -0.05) is 34.8 Å². The van der Waals surface area contributed by atoms with Crippen molar-refractivity contribution in [2.45, 2.75) is 30.2 Å². The third-order valence-electron chi connectivity index (χ3n) is 0.707. The van der Waals surface area contributed by atoms with E-state index in [0.717, 1.165) is 0 Å². The lowest BCUT2D eigenvalue weighted by Crippen LogP contribution is -2.39. The van der Waals surface area contributed by atoms with Gasteiger partial charge in [-0.3, -0.25) is 9.63 Å². The van der Waals surface area contributed by atoms with E-state index >= 15 is 0 Å². The number of amides is 1. The lowest BCUT2D eigenvalue weighted by atomic mass is 10.2. The van der Waals surface area contributed by atoms with Gasteiger partial charge in [0, 0.05) is 0 Å². The van der Waals surface area contributed by atoms with Gasteiger partial charge in [0.25, 0.3) is 9.70 Å². The maximum absolute atomic E-state index is 10.9. The predicted octanol–water partition coefficient (Wildman–Crippen LogP) is 2.20. The average Bonchev–Trinajstić information content (AvgIpc) is 1.78. The minimum absolute atomic E-state index is 0.508. The Labute approximate surface area is 86.3 Å². The van der Waals surface area contributed by atoms with E-state index in [-0.39, 0.29) is 0 Å². The molecule has 0 atom stereocenters. The summed E-state index contributed by atoms with van der Waals surface area (Å²) in [6, 6.07) is 0. The molecule has 0 heterocycles. The van der Waals surface area contributed by atoms with Gasteiger partial charge in [0.15, 0.2) is 0 Å². The first-order valence-electron chi connectivity index (χ1n) is 3.18. The molecular formula is C6H10Cl3NO2. The highest BCUT2D eigenvalue weighted by molar-refractivity contribution is 6.76. The van der Waals surface area contributed by atoms with Gasteiger partial charge in [-0.25, -0.2) is 5.48 Å². The average molecular weight is 235 g/mol. The van der Waals surface area contributed by atoms with Crippen molar-refractivity contribution in [1.82, 2.24) is 5.48 Å². The van der Waals surface area contributed by atoms with E-state index in [1.807, 2.05) is 5.48 Å². The minimum atomic E-state index is -1.98. The Morgan fingerprint density at radius 3 is 1.92 bits per heavy atom. The molecular weight excluding hydrogens is 224 g/mol. The number of rotatable bonds is 1. The molecule has 0 rings (SSSR count). The monoisotopic (exact) mass is 233 g/mol. The van der Waals surface area contributed by atoms with E-state index in [9.17, 15) is 4.79 Å². The molecule has 0 aromatic heterocycles. The van der Waals surface area contributed by atoms with Crippen LogP contribution in [0.15, 0.2) is 0 Å². The summed E-state index contributed by atoms with van der Waals surface area (Å²) in [6.07, 6.45) is 0. The van der Waals surface area contributed by atoms with E-state index in [0.29, 0.717) is 0 Å². The van der Waals surface area contributed by atoms with Gasteiger partial charge >= 0.3 is 0 Å². The van der Waals surface area contributed by atoms with Crippen LogP contribution >= 0.6 is 34.8 Å². The van der Waals surface area contributed by atoms with Gasteiger partial charge in [0.05, 0.1) is 5.60 Å². The molecule has 0 saturated carbocycles. The van der Waals surface area contributed by atoms with Crippen molar-refractivity contribution in [2.75, 3.05) is 0 Å². The summed E-state index contributed by atoms with van der Waals surface area (Å²) in [5.74, 6) is -0.803. The number of hydroxylamine groups is 1. The number of alkyl halides is 3. The summed E-state index contributed by atoms with van der Waals surface area (Å²) in [5, 5.41) is 0. The Hall–Kier alpha value is 0.300. The second-order valence-electron chi connectivity index (χ2n) is 3.14. The lowest BCUT2D eigenvalue weighted by Gasteiger charge is -2.20. The normalized spacial score (nSPS) is 12.8. The summed E-state index contributed by atoms with van der Waals surface area (Å²) in [4.78, 5) is 15.7. The number of carbonyl (C=O) groups excluding carboxylic acids is 1. The van der Waals surface area contributed by atoms with Gasteiger partial charge in [-0.05, 0) is 20.8 Å². The van der Waals surface area contributed by atoms with E-state index in [1.54, 1.807) is 20.8 Å². The van der Waals surface area contributed by atoms with E-state index < -0.39 is 15.3 Å². The zero-order valence-electron chi connectivity index (χ0n) is 6.95. The van der Waals surface area contributed by atoms with Crippen LogP contribution in [-0.4, -0.2) is 15.3 Å². The molecule has 3 nitrogen and oxygen atoms in total. The minimum Gasteiger partial charge on any atom is -0.268 e. The molecule has 72 valence electrons. The SMILES string of the molecule is CC(C)(C)ONC(=O)C(Cl)(Cl)Cl. The third kappa shape index (κ3) is 5.89. The van der Waals surface area contributed by atoms with Crippen LogP contribution < -0.4 is 5.48 Å². The molecule has 1 N–H and O–H groups in total. The van der Waals surface area contributed by atoms with Crippen LogP contribution in [0.25, 0.3) is 0 Å². The van der Waals surface area contributed by atoms with Crippen LogP contribution in [0.5, 0.6) is 0 Å². The van der Waals surface area contributed by atoms with Gasteiger partial charge < -0.3 is 0 Å².